The van der Waals surface area contributed by atoms with Gasteiger partial charge in [0.1, 0.15) is 5.75 Å². The highest BCUT2D eigenvalue weighted by Gasteiger charge is 2.15. The standard InChI is InChI=1S/C14H13NO4S/c1-19-11-3-2-4-12(8-11)20-14-6-5-10(9-16)7-13(14)15(17)18/h2-8,16H,9H2,1H3. The van der Waals surface area contributed by atoms with E-state index < -0.39 is 4.92 Å². The average Bonchev–Trinajstić information content (AvgIpc) is 2.47. The Bertz CT molecular complexity index is 630. The number of hydrogen-bond donors (Lipinski definition) is 1. The zero-order valence-electron chi connectivity index (χ0n) is 10.8. The lowest BCUT2D eigenvalue weighted by Gasteiger charge is -2.06. The van der Waals surface area contributed by atoms with E-state index in [1.165, 1.54) is 17.8 Å². The van der Waals surface area contributed by atoms with Gasteiger partial charge in [-0.05, 0) is 29.8 Å². The predicted molar refractivity (Wildman–Crippen MR) is 76.1 cm³/mol. The fourth-order valence-electron chi connectivity index (χ4n) is 1.68. The quantitative estimate of drug-likeness (QED) is 0.676. The monoisotopic (exact) mass is 291 g/mol. The summed E-state index contributed by atoms with van der Waals surface area (Å²) in [5.74, 6) is 0.699. The Morgan fingerprint density at radius 3 is 2.75 bits per heavy atom. The number of nitro groups is 1. The maximum Gasteiger partial charge on any atom is 0.283 e. The van der Waals surface area contributed by atoms with Crippen molar-refractivity contribution in [1.29, 1.82) is 0 Å². The largest absolute Gasteiger partial charge is 0.497 e. The van der Waals surface area contributed by atoms with E-state index in [4.69, 9.17) is 9.84 Å². The van der Waals surface area contributed by atoms with Crippen LogP contribution in [0.4, 0.5) is 5.69 Å². The molecular weight excluding hydrogens is 278 g/mol. The number of aliphatic hydroxyl groups excluding tert-OH is 1. The van der Waals surface area contributed by atoms with Crippen molar-refractivity contribution in [2.75, 3.05) is 7.11 Å². The lowest BCUT2D eigenvalue weighted by Crippen LogP contribution is -1.93. The molecular formula is C14H13NO4S. The van der Waals surface area contributed by atoms with Gasteiger partial charge in [-0.3, -0.25) is 10.1 Å². The maximum absolute atomic E-state index is 11.1. The van der Waals surface area contributed by atoms with Crippen LogP contribution < -0.4 is 4.74 Å². The van der Waals surface area contributed by atoms with Gasteiger partial charge in [-0.2, -0.15) is 0 Å². The zero-order chi connectivity index (χ0) is 14.5. The molecule has 0 aliphatic rings. The number of rotatable bonds is 5. The molecule has 2 aromatic rings. The van der Waals surface area contributed by atoms with Crippen molar-refractivity contribution < 1.29 is 14.8 Å². The summed E-state index contributed by atoms with van der Waals surface area (Å²) in [5.41, 5.74) is 0.510. The van der Waals surface area contributed by atoms with Gasteiger partial charge in [0.25, 0.3) is 5.69 Å². The van der Waals surface area contributed by atoms with Gasteiger partial charge < -0.3 is 9.84 Å². The van der Waals surface area contributed by atoms with E-state index in [0.717, 1.165) is 4.90 Å². The molecule has 0 saturated carbocycles. The van der Waals surface area contributed by atoms with Gasteiger partial charge in [-0.15, -0.1) is 0 Å². The summed E-state index contributed by atoms with van der Waals surface area (Å²) in [6.45, 7) is -0.217. The molecule has 20 heavy (non-hydrogen) atoms. The second-order valence-electron chi connectivity index (χ2n) is 4.00. The smallest absolute Gasteiger partial charge is 0.283 e. The first-order valence-corrected chi connectivity index (χ1v) is 6.66. The first kappa shape index (κ1) is 14.4. The number of ether oxygens (including phenoxy) is 1. The fraction of sp³-hybridized carbons (Fsp3) is 0.143. The minimum Gasteiger partial charge on any atom is -0.497 e. The lowest BCUT2D eigenvalue weighted by atomic mass is 10.2. The molecule has 0 atom stereocenters. The first-order chi connectivity index (χ1) is 9.63. The molecule has 6 heteroatoms. The van der Waals surface area contributed by atoms with Crippen molar-refractivity contribution >= 4 is 17.4 Å². The third-order valence-corrected chi connectivity index (χ3v) is 3.73. The van der Waals surface area contributed by atoms with Crippen LogP contribution in [0.5, 0.6) is 5.75 Å². The third kappa shape index (κ3) is 3.28. The predicted octanol–water partition coefficient (Wildman–Crippen LogP) is 3.25. The molecule has 2 rings (SSSR count). The highest BCUT2D eigenvalue weighted by atomic mass is 32.2. The molecule has 0 fully saturated rings. The fourth-order valence-corrected chi connectivity index (χ4v) is 2.63. The minimum absolute atomic E-state index is 0.00984. The summed E-state index contributed by atoms with van der Waals surface area (Å²) in [6.07, 6.45) is 0. The summed E-state index contributed by atoms with van der Waals surface area (Å²) in [4.78, 5) is 12.0. The van der Waals surface area contributed by atoms with Crippen LogP contribution in [0, 0.1) is 10.1 Å². The molecule has 0 radical (unpaired) electrons. The highest BCUT2D eigenvalue weighted by Crippen LogP contribution is 2.36. The summed E-state index contributed by atoms with van der Waals surface area (Å²) >= 11 is 1.29. The van der Waals surface area contributed by atoms with Crippen LogP contribution in [-0.4, -0.2) is 17.1 Å². The number of nitro benzene ring substituents is 1. The zero-order valence-corrected chi connectivity index (χ0v) is 11.6. The molecule has 0 aliphatic carbocycles. The van der Waals surface area contributed by atoms with E-state index in [1.54, 1.807) is 19.2 Å². The Morgan fingerprint density at radius 1 is 1.30 bits per heavy atom. The summed E-state index contributed by atoms with van der Waals surface area (Å²) < 4.78 is 5.13. The number of aliphatic hydroxyl groups is 1. The van der Waals surface area contributed by atoms with E-state index in [9.17, 15) is 10.1 Å². The normalized spacial score (nSPS) is 10.3. The molecule has 0 bridgehead atoms. The van der Waals surface area contributed by atoms with Crippen LogP contribution in [-0.2, 0) is 6.61 Å². The van der Waals surface area contributed by atoms with Gasteiger partial charge in [0, 0.05) is 11.0 Å². The molecule has 5 nitrogen and oxygen atoms in total. The highest BCUT2D eigenvalue weighted by molar-refractivity contribution is 7.99. The van der Waals surface area contributed by atoms with E-state index in [2.05, 4.69) is 0 Å². The minimum atomic E-state index is -0.443. The van der Waals surface area contributed by atoms with Crippen LogP contribution in [0.3, 0.4) is 0 Å². The van der Waals surface area contributed by atoms with Gasteiger partial charge in [-0.1, -0.05) is 23.9 Å². The van der Waals surface area contributed by atoms with Gasteiger partial charge in [0.2, 0.25) is 0 Å². The van der Waals surface area contributed by atoms with Crippen molar-refractivity contribution in [2.45, 2.75) is 16.4 Å². The molecule has 2 aromatic carbocycles. The Kier molecular flexibility index (Phi) is 4.60. The number of benzene rings is 2. The molecule has 0 heterocycles. The van der Waals surface area contributed by atoms with Crippen LogP contribution in [0.1, 0.15) is 5.56 Å². The molecule has 0 amide bonds. The Balaban J connectivity index is 2.34. The van der Waals surface area contributed by atoms with E-state index in [-0.39, 0.29) is 12.3 Å². The van der Waals surface area contributed by atoms with E-state index in [0.29, 0.717) is 16.2 Å². The molecule has 1 N–H and O–H groups in total. The van der Waals surface area contributed by atoms with Gasteiger partial charge >= 0.3 is 0 Å². The number of hydrogen-bond acceptors (Lipinski definition) is 5. The molecule has 0 aromatic heterocycles. The summed E-state index contributed by atoms with van der Waals surface area (Å²) in [5, 5.41) is 20.1. The Morgan fingerprint density at radius 2 is 2.10 bits per heavy atom. The van der Waals surface area contributed by atoms with Crippen molar-refractivity contribution in [1.82, 2.24) is 0 Å². The Labute approximate surface area is 120 Å². The maximum atomic E-state index is 11.1. The Hall–Kier alpha value is -2.05. The SMILES string of the molecule is COc1cccc(Sc2ccc(CO)cc2[N+](=O)[O-])c1. The number of nitrogens with zero attached hydrogens (tertiary/aromatic N) is 1. The second kappa shape index (κ2) is 6.40. The van der Waals surface area contributed by atoms with Gasteiger partial charge in [0.05, 0.1) is 23.5 Å². The molecule has 0 saturated heterocycles. The van der Waals surface area contributed by atoms with Crippen LogP contribution in [0.25, 0.3) is 0 Å². The second-order valence-corrected chi connectivity index (χ2v) is 5.11. The van der Waals surface area contributed by atoms with E-state index >= 15 is 0 Å². The van der Waals surface area contributed by atoms with Gasteiger partial charge in [0.15, 0.2) is 0 Å². The topological polar surface area (TPSA) is 72.6 Å². The van der Waals surface area contributed by atoms with Crippen LogP contribution in [0.15, 0.2) is 52.3 Å². The van der Waals surface area contributed by atoms with Gasteiger partial charge in [-0.25, -0.2) is 0 Å². The van der Waals surface area contributed by atoms with Crippen molar-refractivity contribution in [2.24, 2.45) is 0 Å². The van der Waals surface area contributed by atoms with Crippen molar-refractivity contribution in [3.8, 4) is 5.75 Å². The molecule has 0 aliphatic heterocycles. The molecule has 0 unspecified atom stereocenters. The average molecular weight is 291 g/mol. The number of methoxy groups -OCH3 is 1. The third-order valence-electron chi connectivity index (χ3n) is 2.67. The summed E-state index contributed by atoms with van der Waals surface area (Å²) in [6, 6.07) is 12.0. The van der Waals surface area contributed by atoms with Crippen LogP contribution in [0.2, 0.25) is 0 Å². The lowest BCUT2D eigenvalue weighted by molar-refractivity contribution is -0.387. The van der Waals surface area contributed by atoms with Crippen molar-refractivity contribution in [3.63, 3.8) is 0 Å². The first-order valence-electron chi connectivity index (χ1n) is 5.84. The molecule has 104 valence electrons. The van der Waals surface area contributed by atoms with Crippen LogP contribution >= 0.6 is 11.8 Å². The summed E-state index contributed by atoms with van der Waals surface area (Å²) in [7, 11) is 1.57. The van der Waals surface area contributed by atoms with Crippen molar-refractivity contribution in [3.05, 3.63) is 58.1 Å². The molecule has 0 spiro atoms. The van der Waals surface area contributed by atoms with E-state index in [1.807, 2.05) is 24.3 Å².